The summed E-state index contributed by atoms with van der Waals surface area (Å²) in [7, 11) is 0. The van der Waals surface area contributed by atoms with Gasteiger partial charge in [-0.15, -0.1) is 0 Å². The highest BCUT2D eigenvalue weighted by atomic mass is 16.3. The van der Waals surface area contributed by atoms with E-state index in [9.17, 15) is 0 Å². The van der Waals surface area contributed by atoms with Gasteiger partial charge in [0.1, 0.15) is 0 Å². The van der Waals surface area contributed by atoms with Crippen LogP contribution in [0, 0.1) is 23.2 Å². The third-order valence-electron chi connectivity index (χ3n) is 4.21. The standard InChI is InChI=1S/C11H18O/c1-7-8(6-12)4-9-5-10(7)11(9,2)3/h4,7,9-10,12H,5-6H2,1-3H3/t7-,9?,10?/m0/s1. The van der Waals surface area contributed by atoms with E-state index in [1.807, 2.05) is 0 Å². The van der Waals surface area contributed by atoms with Crippen molar-refractivity contribution in [1.82, 2.24) is 0 Å². The van der Waals surface area contributed by atoms with E-state index in [1.54, 1.807) is 0 Å². The van der Waals surface area contributed by atoms with Crippen molar-refractivity contribution in [3.8, 4) is 0 Å². The van der Waals surface area contributed by atoms with Crippen LogP contribution in [0.5, 0.6) is 0 Å². The van der Waals surface area contributed by atoms with Crippen LogP contribution in [0.2, 0.25) is 0 Å². The van der Waals surface area contributed by atoms with E-state index in [2.05, 4.69) is 26.8 Å². The van der Waals surface area contributed by atoms with Crippen molar-refractivity contribution in [1.29, 1.82) is 0 Å². The highest BCUT2D eigenvalue weighted by Gasteiger charge is 2.52. The Bertz CT molecular complexity index is 227. The number of hydrogen-bond donors (Lipinski definition) is 1. The van der Waals surface area contributed by atoms with Crippen molar-refractivity contribution < 1.29 is 5.11 Å². The summed E-state index contributed by atoms with van der Waals surface area (Å²) in [6.45, 7) is 7.23. The van der Waals surface area contributed by atoms with Crippen LogP contribution < -0.4 is 0 Å². The molecule has 0 radical (unpaired) electrons. The number of aliphatic hydroxyl groups is 1. The Hall–Kier alpha value is -0.300. The number of allylic oxidation sites excluding steroid dienone is 1. The van der Waals surface area contributed by atoms with Crippen LogP contribution in [-0.4, -0.2) is 11.7 Å². The monoisotopic (exact) mass is 166 g/mol. The van der Waals surface area contributed by atoms with Gasteiger partial charge in [-0.05, 0) is 35.2 Å². The van der Waals surface area contributed by atoms with Gasteiger partial charge in [0.2, 0.25) is 0 Å². The molecule has 0 heterocycles. The SMILES string of the molecule is C[C@H]1C(CO)=CC2CC1C2(C)C. The molecule has 0 spiro atoms. The lowest BCUT2D eigenvalue weighted by Crippen LogP contribution is -2.51. The summed E-state index contributed by atoms with van der Waals surface area (Å²) in [5.74, 6) is 2.16. The molecule has 68 valence electrons. The fraction of sp³-hybridized carbons (Fsp3) is 0.818. The summed E-state index contributed by atoms with van der Waals surface area (Å²) in [6, 6.07) is 0. The van der Waals surface area contributed by atoms with Crippen LogP contribution >= 0.6 is 0 Å². The average molecular weight is 166 g/mol. The summed E-state index contributed by atoms with van der Waals surface area (Å²) in [6.07, 6.45) is 3.66. The molecule has 1 fully saturated rings. The highest BCUT2D eigenvalue weighted by Crippen LogP contribution is 2.60. The normalized spacial score (nSPS) is 43.3. The zero-order valence-corrected chi connectivity index (χ0v) is 8.17. The molecular weight excluding hydrogens is 148 g/mol. The summed E-state index contributed by atoms with van der Waals surface area (Å²) >= 11 is 0. The number of aliphatic hydroxyl groups excluding tert-OH is 1. The fourth-order valence-electron chi connectivity index (χ4n) is 2.99. The smallest absolute Gasteiger partial charge is 0.0644 e. The van der Waals surface area contributed by atoms with E-state index in [0.717, 1.165) is 11.8 Å². The first-order valence-corrected chi connectivity index (χ1v) is 4.88. The van der Waals surface area contributed by atoms with E-state index in [1.165, 1.54) is 12.0 Å². The summed E-state index contributed by atoms with van der Waals surface area (Å²) < 4.78 is 0. The molecule has 3 rings (SSSR count). The maximum absolute atomic E-state index is 9.10. The largest absolute Gasteiger partial charge is 0.392 e. The molecule has 0 aromatic carbocycles. The zero-order chi connectivity index (χ0) is 8.93. The Morgan fingerprint density at radius 2 is 2.25 bits per heavy atom. The molecule has 1 nitrogen and oxygen atoms in total. The second kappa shape index (κ2) is 2.35. The van der Waals surface area contributed by atoms with Gasteiger partial charge in [0.15, 0.2) is 0 Å². The summed E-state index contributed by atoms with van der Waals surface area (Å²) in [4.78, 5) is 0. The van der Waals surface area contributed by atoms with Crippen LogP contribution in [-0.2, 0) is 0 Å². The topological polar surface area (TPSA) is 20.2 Å². The fourth-order valence-corrected chi connectivity index (χ4v) is 2.99. The minimum absolute atomic E-state index is 0.268. The molecular formula is C11H18O. The molecule has 2 bridgehead atoms. The minimum atomic E-state index is 0.268. The van der Waals surface area contributed by atoms with Crippen LogP contribution in [0.4, 0.5) is 0 Å². The van der Waals surface area contributed by atoms with E-state index < -0.39 is 0 Å². The molecule has 3 atom stereocenters. The first-order valence-electron chi connectivity index (χ1n) is 4.88. The predicted octanol–water partition coefficient (Wildman–Crippen LogP) is 2.22. The second-order valence-corrected chi connectivity index (χ2v) is 4.96. The van der Waals surface area contributed by atoms with Gasteiger partial charge < -0.3 is 5.11 Å². The highest BCUT2D eigenvalue weighted by molar-refractivity contribution is 5.24. The van der Waals surface area contributed by atoms with E-state index in [0.29, 0.717) is 11.3 Å². The average Bonchev–Trinajstić information content (AvgIpc) is 2.03. The lowest BCUT2D eigenvalue weighted by Gasteiger charge is -2.58. The molecule has 0 saturated heterocycles. The van der Waals surface area contributed by atoms with Crippen molar-refractivity contribution in [3.63, 3.8) is 0 Å². The van der Waals surface area contributed by atoms with Gasteiger partial charge in [-0.2, -0.15) is 0 Å². The second-order valence-electron chi connectivity index (χ2n) is 4.96. The Kier molecular flexibility index (Phi) is 1.63. The quantitative estimate of drug-likeness (QED) is 0.592. The zero-order valence-electron chi connectivity index (χ0n) is 8.17. The molecule has 1 N–H and O–H groups in total. The van der Waals surface area contributed by atoms with Crippen molar-refractivity contribution in [2.75, 3.05) is 6.61 Å². The van der Waals surface area contributed by atoms with Crippen LogP contribution in [0.3, 0.4) is 0 Å². The molecule has 2 unspecified atom stereocenters. The van der Waals surface area contributed by atoms with Crippen LogP contribution in [0.15, 0.2) is 11.6 Å². The van der Waals surface area contributed by atoms with Crippen molar-refractivity contribution >= 4 is 0 Å². The van der Waals surface area contributed by atoms with Gasteiger partial charge in [0.05, 0.1) is 6.61 Å². The third kappa shape index (κ3) is 0.832. The van der Waals surface area contributed by atoms with E-state index in [4.69, 9.17) is 5.11 Å². The van der Waals surface area contributed by atoms with Gasteiger partial charge in [-0.25, -0.2) is 0 Å². The molecule has 0 aromatic rings. The predicted molar refractivity (Wildman–Crippen MR) is 49.7 cm³/mol. The molecule has 0 amide bonds. The molecule has 12 heavy (non-hydrogen) atoms. The Morgan fingerprint density at radius 1 is 1.58 bits per heavy atom. The number of rotatable bonds is 1. The van der Waals surface area contributed by atoms with Gasteiger partial charge in [-0.3, -0.25) is 0 Å². The molecule has 0 aromatic heterocycles. The Labute approximate surface area is 74.5 Å². The lowest BCUT2D eigenvalue weighted by atomic mass is 9.47. The molecule has 0 aliphatic heterocycles. The minimum Gasteiger partial charge on any atom is -0.392 e. The maximum Gasteiger partial charge on any atom is 0.0644 e. The Balaban J connectivity index is 2.27. The number of fused-ring (bicyclic) bond motifs is 1. The summed E-state index contributed by atoms with van der Waals surface area (Å²) in [5, 5.41) is 9.10. The number of hydrogen-bond acceptors (Lipinski definition) is 1. The van der Waals surface area contributed by atoms with Gasteiger partial charge in [-0.1, -0.05) is 26.8 Å². The third-order valence-corrected chi connectivity index (χ3v) is 4.21. The molecule has 3 aliphatic carbocycles. The van der Waals surface area contributed by atoms with Crippen LogP contribution in [0.25, 0.3) is 0 Å². The maximum atomic E-state index is 9.10. The lowest BCUT2D eigenvalue weighted by molar-refractivity contribution is -0.0345. The van der Waals surface area contributed by atoms with Crippen molar-refractivity contribution in [3.05, 3.63) is 11.6 Å². The van der Waals surface area contributed by atoms with Gasteiger partial charge >= 0.3 is 0 Å². The molecule has 1 saturated carbocycles. The molecule has 3 aliphatic rings. The molecule has 1 heteroatoms. The first kappa shape index (κ1) is 8.31. The van der Waals surface area contributed by atoms with Crippen molar-refractivity contribution in [2.24, 2.45) is 23.2 Å². The van der Waals surface area contributed by atoms with Crippen molar-refractivity contribution in [2.45, 2.75) is 27.2 Å². The van der Waals surface area contributed by atoms with Crippen LogP contribution in [0.1, 0.15) is 27.2 Å². The Morgan fingerprint density at radius 3 is 2.67 bits per heavy atom. The summed E-state index contributed by atoms with van der Waals surface area (Å²) in [5.41, 5.74) is 1.77. The van der Waals surface area contributed by atoms with Gasteiger partial charge in [0, 0.05) is 0 Å². The van der Waals surface area contributed by atoms with E-state index in [-0.39, 0.29) is 6.61 Å². The van der Waals surface area contributed by atoms with E-state index >= 15 is 0 Å². The first-order chi connectivity index (χ1) is 5.57. The van der Waals surface area contributed by atoms with Gasteiger partial charge in [0.25, 0.3) is 0 Å².